The van der Waals surface area contributed by atoms with Crippen LogP contribution in [0.5, 0.6) is 0 Å². The van der Waals surface area contributed by atoms with Crippen molar-refractivity contribution in [2.24, 2.45) is 5.92 Å². The Labute approximate surface area is 166 Å². The van der Waals surface area contributed by atoms with Crippen molar-refractivity contribution in [2.75, 3.05) is 24.5 Å². The van der Waals surface area contributed by atoms with E-state index in [2.05, 4.69) is 16.1 Å². The number of aromatic nitrogens is 3. The van der Waals surface area contributed by atoms with Crippen LogP contribution in [-0.2, 0) is 9.59 Å². The standard InChI is InChI=1S/C20H21N5O2S/c1-12-7-13(2)25(22-12)15-10-23(11-15)19(27)14-8-18(26)24(9-14)20-21-16-5-3-4-6-17(16)28-20/h3-7,14-15H,8-11H2,1-2H3. The molecule has 1 aromatic carbocycles. The van der Waals surface area contributed by atoms with Gasteiger partial charge in [-0.2, -0.15) is 5.10 Å². The first kappa shape index (κ1) is 17.4. The zero-order valence-electron chi connectivity index (χ0n) is 15.8. The van der Waals surface area contributed by atoms with Gasteiger partial charge in [-0.05, 0) is 32.0 Å². The molecule has 7 nitrogen and oxygen atoms in total. The highest BCUT2D eigenvalue weighted by molar-refractivity contribution is 7.22. The van der Waals surface area contributed by atoms with E-state index in [0.717, 1.165) is 21.6 Å². The molecule has 2 aromatic heterocycles. The van der Waals surface area contributed by atoms with E-state index in [0.29, 0.717) is 24.8 Å². The second-order valence-electron chi connectivity index (χ2n) is 7.64. The third kappa shape index (κ3) is 2.79. The normalized spacial score (nSPS) is 20.2. The van der Waals surface area contributed by atoms with Crippen molar-refractivity contribution in [1.82, 2.24) is 19.7 Å². The first-order valence-electron chi connectivity index (χ1n) is 9.47. The van der Waals surface area contributed by atoms with Crippen LogP contribution in [0.15, 0.2) is 30.3 Å². The molecule has 2 amide bonds. The van der Waals surface area contributed by atoms with Gasteiger partial charge in [0.1, 0.15) is 0 Å². The summed E-state index contributed by atoms with van der Waals surface area (Å²) < 4.78 is 3.06. The minimum atomic E-state index is -0.291. The molecule has 1 unspecified atom stereocenters. The molecule has 2 saturated heterocycles. The summed E-state index contributed by atoms with van der Waals surface area (Å²) in [6.07, 6.45) is 0.260. The summed E-state index contributed by atoms with van der Waals surface area (Å²) >= 11 is 1.50. The summed E-state index contributed by atoms with van der Waals surface area (Å²) in [5.41, 5.74) is 3.00. The fourth-order valence-electron chi connectivity index (χ4n) is 4.10. The van der Waals surface area contributed by atoms with Crippen LogP contribution < -0.4 is 4.90 Å². The van der Waals surface area contributed by atoms with E-state index in [1.807, 2.05) is 47.7 Å². The highest BCUT2D eigenvalue weighted by Crippen LogP contribution is 2.34. The maximum atomic E-state index is 12.9. The summed E-state index contributed by atoms with van der Waals surface area (Å²) in [5, 5.41) is 5.20. The molecule has 2 aliphatic rings. The van der Waals surface area contributed by atoms with E-state index in [-0.39, 0.29) is 30.2 Å². The lowest BCUT2D eigenvalue weighted by Crippen LogP contribution is -2.53. The van der Waals surface area contributed by atoms with Crippen LogP contribution in [0.4, 0.5) is 5.13 Å². The molecule has 8 heteroatoms. The Balaban J connectivity index is 1.26. The quantitative estimate of drug-likeness (QED) is 0.683. The lowest BCUT2D eigenvalue weighted by molar-refractivity contribution is -0.141. The highest BCUT2D eigenvalue weighted by Gasteiger charge is 2.42. The second kappa shape index (κ2) is 6.41. The van der Waals surface area contributed by atoms with E-state index in [1.54, 1.807) is 4.90 Å². The number of carbonyl (C=O) groups is 2. The maximum Gasteiger partial charge on any atom is 0.229 e. The molecule has 0 spiro atoms. The number of carbonyl (C=O) groups excluding carboxylic acids is 2. The molecular formula is C20H21N5O2S. The predicted octanol–water partition coefficient (Wildman–Crippen LogP) is 2.55. The van der Waals surface area contributed by atoms with Crippen molar-refractivity contribution in [2.45, 2.75) is 26.3 Å². The van der Waals surface area contributed by atoms with Crippen LogP contribution in [0.2, 0.25) is 0 Å². The second-order valence-corrected chi connectivity index (χ2v) is 8.65. The van der Waals surface area contributed by atoms with Gasteiger partial charge in [-0.1, -0.05) is 23.5 Å². The van der Waals surface area contributed by atoms with E-state index < -0.39 is 0 Å². The van der Waals surface area contributed by atoms with Crippen LogP contribution in [0.25, 0.3) is 10.2 Å². The third-order valence-electron chi connectivity index (χ3n) is 5.55. The van der Waals surface area contributed by atoms with Gasteiger partial charge in [0, 0.05) is 31.7 Å². The lowest BCUT2D eigenvalue weighted by Gasteiger charge is -2.40. The summed E-state index contributed by atoms with van der Waals surface area (Å²) in [5.74, 6) is -0.247. The summed E-state index contributed by atoms with van der Waals surface area (Å²) in [6.45, 7) is 5.75. The number of thiazole rings is 1. The molecule has 0 N–H and O–H groups in total. The van der Waals surface area contributed by atoms with Crippen molar-refractivity contribution < 1.29 is 9.59 Å². The first-order chi connectivity index (χ1) is 13.5. The number of nitrogens with zero attached hydrogens (tertiary/aromatic N) is 5. The number of amides is 2. The molecule has 5 rings (SSSR count). The molecule has 0 bridgehead atoms. The van der Waals surface area contributed by atoms with Gasteiger partial charge in [0.15, 0.2) is 5.13 Å². The average molecular weight is 395 g/mol. The Morgan fingerprint density at radius 3 is 2.68 bits per heavy atom. The zero-order chi connectivity index (χ0) is 19.4. The number of rotatable bonds is 3. The Kier molecular flexibility index (Phi) is 3.97. The molecule has 2 fully saturated rings. The predicted molar refractivity (Wildman–Crippen MR) is 107 cm³/mol. The number of likely N-dealkylation sites (tertiary alicyclic amines) is 1. The molecule has 4 heterocycles. The van der Waals surface area contributed by atoms with Gasteiger partial charge in [-0.15, -0.1) is 0 Å². The number of para-hydroxylation sites is 1. The molecule has 3 aromatic rings. The van der Waals surface area contributed by atoms with Crippen LogP contribution in [0.3, 0.4) is 0 Å². The minimum Gasteiger partial charge on any atom is -0.338 e. The molecule has 2 aliphatic heterocycles. The Bertz CT molecular complexity index is 1050. The zero-order valence-corrected chi connectivity index (χ0v) is 16.6. The number of benzene rings is 1. The third-order valence-corrected chi connectivity index (χ3v) is 6.61. The monoisotopic (exact) mass is 395 g/mol. The van der Waals surface area contributed by atoms with Gasteiger partial charge in [0.2, 0.25) is 11.8 Å². The number of hydrogen-bond acceptors (Lipinski definition) is 5. The first-order valence-corrected chi connectivity index (χ1v) is 10.3. The SMILES string of the molecule is Cc1cc(C)n(C2CN(C(=O)C3CC(=O)N(c4nc5ccccc5s4)C3)C2)n1. The van der Waals surface area contributed by atoms with Crippen molar-refractivity contribution in [3.63, 3.8) is 0 Å². The van der Waals surface area contributed by atoms with E-state index >= 15 is 0 Å². The van der Waals surface area contributed by atoms with Gasteiger partial charge < -0.3 is 4.90 Å². The number of aryl methyl sites for hydroxylation is 2. The van der Waals surface area contributed by atoms with Crippen molar-refractivity contribution >= 4 is 38.5 Å². The maximum absolute atomic E-state index is 12.9. The number of anilines is 1. The molecular weight excluding hydrogens is 374 g/mol. The largest absolute Gasteiger partial charge is 0.338 e. The minimum absolute atomic E-state index is 0.0203. The van der Waals surface area contributed by atoms with Crippen molar-refractivity contribution in [1.29, 1.82) is 0 Å². The van der Waals surface area contributed by atoms with Crippen LogP contribution >= 0.6 is 11.3 Å². The van der Waals surface area contributed by atoms with Gasteiger partial charge >= 0.3 is 0 Å². The van der Waals surface area contributed by atoms with Gasteiger partial charge in [0.05, 0.1) is 27.9 Å². The summed E-state index contributed by atoms with van der Waals surface area (Å²) in [6, 6.07) is 10.1. The number of hydrogen-bond donors (Lipinski definition) is 0. The van der Waals surface area contributed by atoms with Crippen LogP contribution in [0, 0.1) is 19.8 Å². The van der Waals surface area contributed by atoms with E-state index in [9.17, 15) is 9.59 Å². The molecule has 0 radical (unpaired) electrons. The smallest absolute Gasteiger partial charge is 0.229 e. The Morgan fingerprint density at radius 2 is 1.96 bits per heavy atom. The average Bonchev–Trinajstić information content (AvgIpc) is 3.30. The van der Waals surface area contributed by atoms with Crippen molar-refractivity contribution in [3.8, 4) is 0 Å². The van der Waals surface area contributed by atoms with Crippen molar-refractivity contribution in [3.05, 3.63) is 41.7 Å². The highest BCUT2D eigenvalue weighted by atomic mass is 32.1. The Hall–Kier alpha value is -2.74. The molecule has 28 heavy (non-hydrogen) atoms. The summed E-state index contributed by atoms with van der Waals surface area (Å²) in [4.78, 5) is 33.5. The topological polar surface area (TPSA) is 71.3 Å². The fourth-order valence-corrected chi connectivity index (χ4v) is 5.09. The molecule has 0 saturated carbocycles. The van der Waals surface area contributed by atoms with Crippen LogP contribution in [-0.4, -0.2) is 51.1 Å². The van der Waals surface area contributed by atoms with Gasteiger partial charge in [-0.25, -0.2) is 4.98 Å². The van der Waals surface area contributed by atoms with Gasteiger partial charge in [-0.3, -0.25) is 19.2 Å². The lowest BCUT2D eigenvalue weighted by atomic mass is 10.0. The molecule has 144 valence electrons. The fraction of sp³-hybridized carbons (Fsp3) is 0.400. The van der Waals surface area contributed by atoms with Gasteiger partial charge in [0.25, 0.3) is 0 Å². The Morgan fingerprint density at radius 1 is 1.18 bits per heavy atom. The van der Waals surface area contributed by atoms with Crippen LogP contribution in [0.1, 0.15) is 23.9 Å². The molecule has 1 atom stereocenters. The van der Waals surface area contributed by atoms with E-state index in [4.69, 9.17) is 0 Å². The molecule has 0 aliphatic carbocycles. The summed E-state index contributed by atoms with van der Waals surface area (Å²) in [7, 11) is 0. The van der Waals surface area contributed by atoms with E-state index in [1.165, 1.54) is 11.3 Å². The number of fused-ring (bicyclic) bond motifs is 1.